The molecule has 16 heavy (non-hydrogen) atoms. The normalized spacial score (nSPS) is 42.5. The second-order valence-electron chi connectivity index (χ2n) is 3.41. The molecule has 0 aromatic heterocycles. The Hall–Kier alpha value is -0.500. The van der Waals surface area contributed by atoms with E-state index in [1.165, 1.54) is 13.2 Å². The molecule has 3 N–H and O–H groups in total. The standard InChI is InChI=1S/C10H18O6/c1-3-4-15-9-7(12)6(5-11)16-10(14-2)8(9)13/h3,6-13H,1,4-5H2,2H3/t6-,7+,8-,9+,10?/m1/s1/i4D/t4?,6-,7+,8-,9+,10?. The minimum atomic E-state index is -1.24. The van der Waals surface area contributed by atoms with E-state index in [-0.39, 0.29) is 0 Å². The van der Waals surface area contributed by atoms with Crippen molar-refractivity contribution in [3.63, 3.8) is 0 Å². The zero-order valence-corrected chi connectivity index (χ0v) is 9.02. The minimum absolute atomic E-state index is 0.440. The van der Waals surface area contributed by atoms with Crippen LogP contribution in [0.5, 0.6) is 0 Å². The fourth-order valence-corrected chi connectivity index (χ4v) is 1.56. The molecule has 0 aliphatic carbocycles. The van der Waals surface area contributed by atoms with Crippen LogP contribution in [0.2, 0.25) is 0 Å². The van der Waals surface area contributed by atoms with Crippen molar-refractivity contribution in [3.8, 4) is 0 Å². The molecule has 6 atom stereocenters. The highest BCUT2D eigenvalue weighted by Crippen LogP contribution is 2.23. The number of rotatable bonds is 5. The largest absolute Gasteiger partial charge is 0.394 e. The molecule has 0 aromatic carbocycles. The Labute approximate surface area is 95.5 Å². The average molecular weight is 235 g/mol. The van der Waals surface area contributed by atoms with Crippen LogP contribution in [0.25, 0.3) is 0 Å². The molecule has 0 aromatic rings. The maximum atomic E-state index is 9.82. The van der Waals surface area contributed by atoms with Gasteiger partial charge in [0, 0.05) is 7.11 Å². The topological polar surface area (TPSA) is 88.4 Å². The monoisotopic (exact) mass is 235 g/mol. The summed E-state index contributed by atoms with van der Waals surface area (Å²) in [5, 5.41) is 28.7. The molecule has 2 unspecified atom stereocenters. The summed E-state index contributed by atoms with van der Waals surface area (Å²) in [6, 6.07) is 0. The van der Waals surface area contributed by atoms with Gasteiger partial charge in [-0.3, -0.25) is 0 Å². The van der Waals surface area contributed by atoms with Crippen LogP contribution in [0.1, 0.15) is 1.37 Å². The van der Waals surface area contributed by atoms with Gasteiger partial charge >= 0.3 is 0 Å². The zero-order chi connectivity index (χ0) is 13.0. The third-order valence-corrected chi connectivity index (χ3v) is 2.39. The molecule has 0 radical (unpaired) electrons. The molecule has 1 saturated heterocycles. The van der Waals surface area contributed by atoms with Gasteiger partial charge in [-0.25, -0.2) is 0 Å². The highest BCUT2D eigenvalue weighted by atomic mass is 16.7. The first-order valence-electron chi connectivity index (χ1n) is 5.48. The van der Waals surface area contributed by atoms with Crippen molar-refractivity contribution in [1.29, 1.82) is 0 Å². The Morgan fingerprint density at radius 2 is 2.19 bits per heavy atom. The summed E-state index contributed by atoms with van der Waals surface area (Å²) in [6.45, 7) is 1.84. The van der Waals surface area contributed by atoms with Crippen LogP contribution in [-0.4, -0.2) is 66.3 Å². The van der Waals surface area contributed by atoms with Gasteiger partial charge in [0.25, 0.3) is 0 Å². The summed E-state index contributed by atoms with van der Waals surface area (Å²) in [5.74, 6) is 0. The summed E-state index contributed by atoms with van der Waals surface area (Å²) in [6.07, 6.45) is -4.29. The molecule has 6 nitrogen and oxygen atoms in total. The second kappa shape index (κ2) is 6.29. The van der Waals surface area contributed by atoms with Gasteiger partial charge in [-0.05, 0) is 0 Å². The molecule has 0 saturated carbocycles. The molecule has 1 aliphatic heterocycles. The first-order chi connectivity index (χ1) is 8.04. The SMILES string of the molecule is [2H]C(C=C)O[C@H]1[C@@H](O)[C@@H](CO)OC(OC)[C@@H]1O. The van der Waals surface area contributed by atoms with Crippen molar-refractivity contribution < 1.29 is 30.9 Å². The Bertz CT molecular complexity index is 235. The Balaban J connectivity index is 2.77. The van der Waals surface area contributed by atoms with Crippen molar-refractivity contribution >= 4 is 0 Å². The summed E-state index contributed by atoms with van der Waals surface area (Å²) in [5.41, 5.74) is 0. The van der Waals surface area contributed by atoms with Gasteiger partial charge in [0.05, 0.1) is 14.6 Å². The van der Waals surface area contributed by atoms with Crippen molar-refractivity contribution in [2.45, 2.75) is 30.7 Å². The van der Waals surface area contributed by atoms with Gasteiger partial charge in [0.15, 0.2) is 6.29 Å². The van der Waals surface area contributed by atoms with Crippen LogP contribution in [-0.2, 0) is 14.2 Å². The van der Waals surface area contributed by atoms with E-state index in [1.807, 2.05) is 0 Å². The van der Waals surface area contributed by atoms with Crippen LogP contribution in [0.4, 0.5) is 0 Å². The Morgan fingerprint density at radius 3 is 2.69 bits per heavy atom. The predicted octanol–water partition coefficient (Wildman–Crippen LogP) is -1.36. The molecule has 94 valence electrons. The molecule has 0 amide bonds. The number of hydrogen-bond acceptors (Lipinski definition) is 6. The highest BCUT2D eigenvalue weighted by molar-refractivity contribution is 4.90. The number of aliphatic hydroxyl groups excluding tert-OH is 3. The van der Waals surface area contributed by atoms with E-state index in [9.17, 15) is 10.2 Å². The minimum Gasteiger partial charge on any atom is -0.394 e. The number of aliphatic hydroxyl groups is 3. The van der Waals surface area contributed by atoms with Gasteiger partial charge in [-0.15, -0.1) is 6.58 Å². The summed E-state index contributed by atoms with van der Waals surface area (Å²) >= 11 is 0. The molecule has 0 spiro atoms. The van der Waals surface area contributed by atoms with E-state index < -0.39 is 43.9 Å². The molecule has 6 heteroatoms. The zero-order valence-electron chi connectivity index (χ0n) is 10.0. The summed E-state index contributed by atoms with van der Waals surface area (Å²) in [7, 11) is 1.32. The lowest BCUT2D eigenvalue weighted by Crippen LogP contribution is -2.59. The van der Waals surface area contributed by atoms with Gasteiger partial charge in [0.2, 0.25) is 0 Å². The van der Waals surface area contributed by atoms with Gasteiger partial charge < -0.3 is 29.5 Å². The maximum Gasteiger partial charge on any atom is 0.186 e. The predicted molar refractivity (Wildman–Crippen MR) is 54.7 cm³/mol. The lowest BCUT2D eigenvalue weighted by molar-refractivity contribution is -0.300. The molecular formula is C10H18O6. The lowest BCUT2D eigenvalue weighted by Gasteiger charge is -2.41. The van der Waals surface area contributed by atoms with Crippen LogP contribution < -0.4 is 0 Å². The third kappa shape index (κ3) is 2.79. The first-order valence-corrected chi connectivity index (χ1v) is 4.90. The summed E-state index contributed by atoms with van der Waals surface area (Å²) < 4.78 is 22.5. The second-order valence-corrected chi connectivity index (χ2v) is 3.41. The average Bonchev–Trinajstić information content (AvgIpc) is 2.34. The van der Waals surface area contributed by atoms with E-state index in [2.05, 4.69) is 6.58 Å². The number of ether oxygens (including phenoxy) is 3. The molecule has 1 aliphatic rings. The van der Waals surface area contributed by atoms with Crippen LogP contribution in [0.3, 0.4) is 0 Å². The van der Waals surface area contributed by atoms with Crippen LogP contribution >= 0.6 is 0 Å². The first kappa shape index (κ1) is 12.0. The van der Waals surface area contributed by atoms with E-state index >= 15 is 0 Å². The summed E-state index contributed by atoms with van der Waals surface area (Å²) in [4.78, 5) is 0. The van der Waals surface area contributed by atoms with Crippen molar-refractivity contribution in [3.05, 3.63) is 12.7 Å². The van der Waals surface area contributed by atoms with Gasteiger partial charge in [-0.2, -0.15) is 0 Å². The molecule has 1 rings (SSSR count). The quantitative estimate of drug-likeness (QED) is 0.510. The van der Waals surface area contributed by atoms with E-state index in [1.54, 1.807) is 0 Å². The number of methoxy groups -OCH3 is 1. The third-order valence-electron chi connectivity index (χ3n) is 2.39. The smallest absolute Gasteiger partial charge is 0.186 e. The van der Waals surface area contributed by atoms with E-state index in [0.717, 1.165) is 0 Å². The Morgan fingerprint density at radius 1 is 1.50 bits per heavy atom. The van der Waals surface area contributed by atoms with E-state index in [0.29, 0.717) is 0 Å². The maximum absolute atomic E-state index is 9.82. The fourth-order valence-electron chi connectivity index (χ4n) is 1.56. The van der Waals surface area contributed by atoms with Crippen molar-refractivity contribution in [2.75, 3.05) is 20.3 Å². The molecule has 1 fully saturated rings. The van der Waals surface area contributed by atoms with Crippen molar-refractivity contribution in [2.24, 2.45) is 0 Å². The Kier molecular flexibility index (Phi) is 4.70. The highest BCUT2D eigenvalue weighted by Gasteiger charge is 2.45. The molecule has 0 bridgehead atoms. The molecule has 1 heterocycles. The van der Waals surface area contributed by atoms with Gasteiger partial charge in [-0.1, -0.05) is 6.08 Å². The number of hydrogen-bond donors (Lipinski definition) is 3. The van der Waals surface area contributed by atoms with Gasteiger partial charge in [0.1, 0.15) is 24.4 Å². The van der Waals surface area contributed by atoms with Crippen LogP contribution in [0, 0.1) is 0 Å². The lowest BCUT2D eigenvalue weighted by atomic mass is 9.99. The van der Waals surface area contributed by atoms with E-state index in [4.69, 9.17) is 20.7 Å². The van der Waals surface area contributed by atoms with Crippen LogP contribution in [0.15, 0.2) is 12.7 Å². The fraction of sp³-hybridized carbons (Fsp3) is 0.800. The molecular weight excluding hydrogens is 216 g/mol. The van der Waals surface area contributed by atoms with Crippen molar-refractivity contribution in [1.82, 2.24) is 0 Å².